The fraction of sp³-hybridized carbons (Fsp3) is 0.167. The lowest BCUT2D eigenvalue weighted by molar-refractivity contribution is 0.593. The molecule has 0 aliphatic carbocycles. The molecule has 300 valence electrons. The number of aromatic nitrogens is 2. The van der Waals surface area contributed by atoms with Gasteiger partial charge in [-0.05, 0) is 149 Å². The zero-order valence-electron chi connectivity index (χ0n) is 34.2. The highest BCUT2D eigenvalue weighted by Crippen LogP contribution is 2.46. The predicted octanol–water partition coefficient (Wildman–Crippen LogP) is 11.9. The van der Waals surface area contributed by atoms with Crippen molar-refractivity contribution >= 4 is 58.6 Å². The van der Waals surface area contributed by atoms with Gasteiger partial charge in [-0.3, -0.25) is 0 Å². The lowest BCUT2D eigenvalue weighted by Crippen LogP contribution is -2.40. The lowest BCUT2D eigenvalue weighted by Gasteiger charge is -2.41. The van der Waals surface area contributed by atoms with Gasteiger partial charge >= 0.3 is 0 Å². The summed E-state index contributed by atoms with van der Waals surface area (Å²) < 4.78 is 60.8. The molecule has 2 aromatic heterocycles. The minimum atomic E-state index is -4.26. The third-order valence-electron chi connectivity index (χ3n) is 10.2. The van der Waals surface area contributed by atoms with Gasteiger partial charge in [-0.1, -0.05) is 93.8 Å². The molecule has 11 heteroatoms. The summed E-state index contributed by atoms with van der Waals surface area (Å²) in [5, 5.41) is 3.52. The summed E-state index contributed by atoms with van der Waals surface area (Å²) in [5.74, 6) is 0.170. The third-order valence-corrected chi connectivity index (χ3v) is 14.3. The Kier molecular flexibility index (Phi) is 11.4. The van der Waals surface area contributed by atoms with Gasteiger partial charge in [-0.15, -0.1) is 0 Å². The number of hydrazine groups is 1. The molecule has 5 aromatic carbocycles. The van der Waals surface area contributed by atoms with Gasteiger partial charge in [0.2, 0.25) is 19.7 Å². The molecule has 0 saturated carbocycles. The summed E-state index contributed by atoms with van der Waals surface area (Å²) in [7, 11) is -8.49. The molecule has 59 heavy (non-hydrogen) atoms. The average Bonchev–Trinajstić information content (AvgIpc) is 3.18. The number of benzene rings is 5. The normalized spacial score (nSPS) is 11.7. The van der Waals surface area contributed by atoms with Crippen molar-refractivity contribution in [3.8, 4) is 11.1 Å². The Hall–Kier alpha value is -5.62. The van der Waals surface area contributed by atoms with E-state index in [9.17, 15) is 8.42 Å². The average molecular weight is 886 g/mol. The molecule has 8 nitrogen and oxygen atoms in total. The Morgan fingerprint density at radius 3 is 1.19 bits per heavy atom. The van der Waals surface area contributed by atoms with Crippen molar-refractivity contribution in [3.63, 3.8) is 0 Å². The van der Waals surface area contributed by atoms with Crippen molar-refractivity contribution in [3.05, 3.63) is 177 Å². The van der Waals surface area contributed by atoms with Crippen LogP contribution in [-0.2, 0) is 19.7 Å². The number of rotatable bonds is 10. The Labute approximate surface area is 356 Å². The molecular weight excluding hydrogens is 841 g/mol. The van der Waals surface area contributed by atoms with E-state index in [0.29, 0.717) is 22.8 Å². The van der Waals surface area contributed by atoms with E-state index in [1.165, 1.54) is 0 Å². The van der Waals surface area contributed by atoms with Crippen LogP contribution in [-0.4, -0.2) is 26.8 Å². The Bertz CT molecular complexity index is 2910. The van der Waals surface area contributed by atoms with Crippen LogP contribution < -0.4 is 10.0 Å². The molecule has 7 rings (SSSR count). The second-order valence-electron chi connectivity index (χ2n) is 15.0. The van der Waals surface area contributed by atoms with Crippen molar-refractivity contribution in [2.24, 2.45) is 0 Å². The Morgan fingerprint density at radius 2 is 0.797 bits per heavy atom. The number of nitrogens with zero attached hydrogens (tertiary/aromatic N) is 4. The number of aryl methyl sites for hydroxylation is 8. The van der Waals surface area contributed by atoms with Crippen molar-refractivity contribution in [1.82, 2.24) is 9.97 Å². The van der Waals surface area contributed by atoms with Gasteiger partial charge in [0.05, 0.1) is 21.2 Å². The molecule has 0 amide bonds. The van der Waals surface area contributed by atoms with Crippen LogP contribution in [0.15, 0.2) is 151 Å². The number of sulfone groups is 2. The molecule has 0 atom stereocenters. The second-order valence-corrected chi connectivity index (χ2v) is 19.8. The molecule has 0 aliphatic rings. The number of halogens is 1. The highest BCUT2D eigenvalue weighted by Gasteiger charge is 2.37. The van der Waals surface area contributed by atoms with Crippen LogP contribution in [0.2, 0.25) is 0 Å². The highest BCUT2D eigenvalue weighted by molar-refractivity contribution is 9.10. The van der Waals surface area contributed by atoms with E-state index >= 15 is 8.42 Å². The fourth-order valence-corrected chi connectivity index (χ4v) is 10.7. The summed E-state index contributed by atoms with van der Waals surface area (Å²) in [6.45, 7) is 15.5. The molecule has 0 radical (unpaired) electrons. The molecule has 0 saturated heterocycles. The molecule has 0 bridgehead atoms. The van der Waals surface area contributed by atoms with E-state index in [0.717, 1.165) is 49.0 Å². The quantitative estimate of drug-likeness (QED) is 0.125. The molecule has 0 N–H and O–H groups in total. The topological polar surface area (TPSA) is 101 Å². The number of hydrogen-bond donors (Lipinski definition) is 0. The van der Waals surface area contributed by atoms with Crippen LogP contribution in [0.4, 0.5) is 23.0 Å². The Balaban J connectivity index is 1.60. The first kappa shape index (κ1) is 41.5. The molecular formula is C48H45BrN4O4S2. The number of hydrogen-bond acceptors (Lipinski definition) is 8. The minimum absolute atomic E-state index is 0.0627. The summed E-state index contributed by atoms with van der Waals surface area (Å²) in [6.07, 6.45) is 0. The van der Waals surface area contributed by atoms with Crippen molar-refractivity contribution in [2.45, 2.75) is 75.0 Å². The van der Waals surface area contributed by atoms with Crippen LogP contribution in [0.5, 0.6) is 0 Å². The van der Waals surface area contributed by atoms with Gasteiger partial charge in [0, 0.05) is 15.9 Å². The minimum Gasteiger partial charge on any atom is -0.233 e. The molecule has 0 spiro atoms. The third kappa shape index (κ3) is 8.07. The summed E-state index contributed by atoms with van der Waals surface area (Å²) >= 11 is 3.44. The molecule has 0 aliphatic heterocycles. The maximum absolute atomic E-state index is 15.1. The maximum Gasteiger partial charge on any atom is 0.210 e. The van der Waals surface area contributed by atoms with Crippen LogP contribution >= 0.6 is 15.9 Å². The van der Waals surface area contributed by atoms with Gasteiger partial charge in [0.15, 0.2) is 11.6 Å². The monoisotopic (exact) mass is 884 g/mol. The second kappa shape index (κ2) is 16.2. The van der Waals surface area contributed by atoms with Crippen LogP contribution in [0.25, 0.3) is 11.1 Å². The van der Waals surface area contributed by atoms with Crippen LogP contribution in [0, 0.1) is 55.4 Å². The largest absolute Gasteiger partial charge is 0.233 e. The first-order valence-electron chi connectivity index (χ1n) is 19.1. The van der Waals surface area contributed by atoms with E-state index in [1.54, 1.807) is 89.7 Å². The lowest BCUT2D eigenvalue weighted by atomic mass is 10.0. The standard InChI is InChI=1S/C48H45BrN4O4S2/c1-30-26-32(3)45(33(4)27-30)52(47-43(24-14-36(7)50-47)58(54,55)41-20-16-39(17-21-41)38-12-10-9-11-13-38)53(46-34(5)28-31(2)29-35(46)6)48-44(25-15-37(8)51-48)59(56,57)42-22-18-40(49)19-23-42/h9-29H,1-8H3. The molecule has 7 aromatic rings. The van der Waals surface area contributed by atoms with Crippen LogP contribution in [0.3, 0.4) is 0 Å². The van der Waals surface area contributed by atoms with Gasteiger partial charge in [-0.2, -0.15) is 0 Å². The van der Waals surface area contributed by atoms with E-state index in [2.05, 4.69) is 15.9 Å². The first-order valence-corrected chi connectivity index (χ1v) is 22.9. The summed E-state index contributed by atoms with van der Waals surface area (Å²) in [6, 6.07) is 37.7. The SMILES string of the molecule is Cc1cc(C)c(N(c2nc(C)ccc2S(=O)(=O)c2ccc(Br)cc2)N(c2nc(C)ccc2S(=O)(=O)c2ccc(-c3ccccc3)cc2)c2c(C)cc(C)cc2C)c(C)c1. The van der Waals surface area contributed by atoms with Crippen LogP contribution in [0.1, 0.15) is 44.8 Å². The van der Waals surface area contributed by atoms with Gasteiger partial charge in [0.1, 0.15) is 9.79 Å². The summed E-state index contributed by atoms with van der Waals surface area (Å²) in [4.78, 5) is 10.1. The first-order chi connectivity index (χ1) is 28.0. The maximum atomic E-state index is 15.1. The van der Waals surface area contributed by atoms with Crippen molar-refractivity contribution in [1.29, 1.82) is 0 Å². The predicted molar refractivity (Wildman–Crippen MR) is 240 cm³/mol. The van der Waals surface area contributed by atoms with E-state index in [4.69, 9.17) is 9.97 Å². The number of pyridine rings is 2. The molecule has 0 fully saturated rings. The zero-order valence-corrected chi connectivity index (χ0v) is 37.5. The molecule has 2 heterocycles. The highest BCUT2D eigenvalue weighted by atomic mass is 79.9. The fourth-order valence-electron chi connectivity index (χ4n) is 7.72. The van der Waals surface area contributed by atoms with Gasteiger partial charge in [-0.25, -0.2) is 36.8 Å². The van der Waals surface area contributed by atoms with Crippen molar-refractivity contribution in [2.75, 3.05) is 10.0 Å². The smallest absolute Gasteiger partial charge is 0.210 e. The van der Waals surface area contributed by atoms with E-state index in [1.807, 2.05) is 103 Å². The molecule has 0 unspecified atom stereocenters. The van der Waals surface area contributed by atoms with E-state index < -0.39 is 19.7 Å². The van der Waals surface area contributed by atoms with Gasteiger partial charge < -0.3 is 0 Å². The zero-order chi connectivity index (χ0) is 42.4. The number of anilines is 4. The van der Waals surface area contributed by atoms with E-state index in [-0.39, 0.29) is 31.2 Å². The van der Waals surface area contributed by atoms with Gasteiger partial charge in [0.25, 0.3) is 0 Å². The van der Waals surface area contributed by atoms with Crippen molar-refractivity contribution < 1.29 is 16.8 Å². The summed E-state index contributed by atoms with van der Waals surface area (Å²) in [5.41, 5.74) is 9.49. The Morgan fingerprint density at radius 1 is 0.441 bits per heavy atom.